The van der Waals surface area contributed by atoms with Crippen molar-refractivity contribution in [2.24, 2.45) is 0 Å². The van der Waals surface area contributed by atoms with Crippen molar-refractivity contribution in [2.75, 3.05) is 30.9 Å². The van der Waals surface area contributed by atoms with E-state index in [9.17, 15) is 8.78 Å². The van der Waals surface area contributed by atoms with Crippen LogP contribution in [0.3, 0.4) is 0 Å². The van der Waals surface area contributed by atoms with Gasteiger partial charge < -0.3 is 15.4 Å². The summed E-state index contributed by atoms with van der Waals surface area (Å²) >= 11 is 0. The minimum atomic E-state index is -0.680. The molecule has 1 aromatic heterocycles. The van der Waals surface area contributed by atoms with E-state index in [4.69, 9.17) is 4.74 Å². The zero-order chi connectivity index (χ0) is 15.2. The van der Waals surface area contributed by atoms with Gasteiger partial charge in [-0.2, -0.15) is 0 Å². The summed E-state index contributed by atoms with van der Waals surface area (Å²) in [6.07, 6.45) is 0. The molecule has 0 amide bonds. The van der Waals surface area contributed by atoms with Crippen molar-refractivity contribution < 1.29 is 13.5 Å². The summed E-state index contributed by atoms with van der Waals surface area (Å²) < 4.78 is 31.4. The molecule has 0 bridgehead atoms. The van der Waals surface area contributed by atoms with Crippen LogP contribution in [-0.4, -0.2) is 30.2 Å². The summed E-state index contributed by atoms with van der Waals surface area (Å²) in [7, 11) is 1.61. The highest BCUT2D eigenvalue weighted by molar-refractivity contribution is 5.59. The van der Waals surface area contributed by atoms with Gasteiger partial charge in [-0.3, -0.25) is 0 Å². The number of benzene rings is 1. The predicted octanol–water partition coefficient (Wildman–Crippen LogP) is 2.87. The number of aromatic nitrogens is 2. The number of ether oxygens (including phenoxy) is 1. The molecule has 0 aliphatic carbocycles. The average Bonchev–Trinajstić information content (AvgIpc) is 2.42. The molecule has 0 fully saturated rings. The van der Waals surface area contributed by atoms with Gasteiger partial charge in [0.1, 0.15) is 29.1 Å². The molecule has 21 heavy (non-hydrogen) atoms. The molecule has 7 heteroatoms. The number of methoxy groups -OCH3 is 1. The van der Waals surface area contributed by atoms with Gasteiger partial charge in [0.05, 0.1) is 12.3 Å². The van der Waals surface area contributed by atoms with E-state index in [1.54, 1.807) is 20.1 Å². The fourth-order valence-corrected chi connectivity index (χ4v) is 1.73. The summed E-state index contributed by atoms with van der Waals surface area (Å²) in [5.41, 5.74) is 0.150. The van der Waals surface area contributed by atoms with Crippen LogP contribution < -0.4 is 10.6 Å². The van der Waals surface area contributed by atoms with Gasteiger partial charge >= 0.3 is 0 Å². The van der Waals surface area contributed by atoms with E-state index < -0.39 is 11.6 Å². The zero-order valence-corrected chi connectivity index (χ0v) is 11.8. The molecule has 0 aliphatic heterocycles. The minimum absolute atomic E-state index is 0.150. The van der Waals surface area contributed by atoms with E-state index in [0.29, 0.717) is 30.6 Å². The summed E-state index contributed by atoms with van der Waals surface area (Å²) in [6, 6.07) is 4.96. The Morgan fingerprint density at radius 3 is 2.62 bits per heavy atom. The first-order valence-electron chi connectivity index (χ1n) is 6.39. The van der Waals surface area contributed by atoms with E-state index in [1.165, 1.54) is 12.1 Å². The van der Waals surface area contributed by atoms with Gasteiger partial charge in [0.25, 0.3) is 0 Å². The quantitative estimate of drug-likeness (QED) is 0.802. The Hall–Kier alpha value is -2.28. The Bertz CT molecular complexity index is 622. The van der Waals surface area contributed by atoms with Crippen molar-refractivity contribution >= 4 is 17.3 Å². The highest BCUT2D eigenvalue weighted by Gasteiger charge is 2.07. The third kappa shape index (κ3) is 4.35. The van der Waals surface area contributed by atoms with Crippen molar-refractivity contribution in [2.45, 2.75) is 6.92 Å². The van der Waals surface area contributed by atoms with Gasteiger partial charge in [-0.15, -0.1) is 0 Å². The van der Waals surface area contributed by atoms with Crippen LogP contribution >= 0.6 is 0 Å². The first-order valence-corrected chi connectivity index (χ1v) is 6.39. The largest absolute Gasteiger partial charge is 0.383 e. The van der Waals surface area contributed by atoms with Crippen molar-refractivity contribution in [3.63, 3.8) is 0 Å². The van der Waals surface area contributed by atoms with E-state index in [2.05, 4.69) is 20.6 Å². The topological polar surface area (TPSA) is 59.1 Å². The lowest BCUT2D eigenvalue weighted by Crippen LogP contribution is -2.10. The number of halogens is 2. The van der Waals surface area contributed by atoms with Crippen LogP contribution in [-0.2, 0) is 4.74 Å². The molecule has 0 spiro atoms. The molecule has 0 atom stereocenters. The number of hydrogen-bond acceptors (Lipinski definition) is 5. The Morgan fingerprint density at radius 1 is 1.14 bits per heavy atom. The lowest BCUT2D eigenvalue weighted by Gasteiger charge is -2.10. The highest BCUT2D eigenvalue weighted by atomic mass is 19.1. The predicted molar refractivity (Wildman–Crippen MR) is 76.8 cm³/mol. The summed E-state index contributed by atoms with van der Waals surface area (Å²) in [6.45, 7) is 2.86. The normalized spacial score (nSPS) is 10.5. The SMILES string of the molecule is COCCNc1cc(Nc2ccc(F)cc2F)nc(C)n1. The third-order valence-corrected chi connectivity index (χ3v) is 2.64. The van der Waals surface area contributed by atoms with Gasteiger partial charge in [-0.25, -0.2) is 18.7 Å². The van der Waals surface area contributed by atoms with Crippen LogP contribution in [0.2, 0.25) is 0 Å². The molecular formula is C14H16F2N4O. The lowest BCUT2D eigenvalue weighted by molar-refractivity contribution is 0.210. The number of aryl methyl sites for hydroxylation is 1. The monoisotopic (exact) mass is 294 g/mol. The Kier molecular flexibility index (Phi) is 4.99. The van der Waals surface area contributed by atoms with E-state index in [1.807, 2.05) is 0 Å². The maximum atomic E-state index is 13.6. The van der Waals surface area contributed by atoms with Crippen LogP contribution in [0.5, 0.6) is 0 Å². The lowest BCUT2D eigenvalue weighted by atomic mass is 10.3. The van der Waals surface area contributed by atoms with Crippen molar-refractivity contribution in [1.29, 1.82) is 0 Å². The standard InChI is InChI=1S/C14H16F2N4O/c1-9-18-13(17-5-6-21-2)8-14(19-9)20-12-4-3-10(15)7-11(12)16/h3-4,7-8H,5-6H2,1-2H3,(H2,17,18,19,20). The number of nitrogens with zero attached hydrogens (tertiary/aromatic N) is 2. The molecule has 1 aromatic carbocycles. The fourth-order valence-electron chi connectivity index (χ4n) is 1.73. The van der Waals surface area contributed by atoms with E-state index in [-0.39, 0.29) is 5.69 Å². The van der Waals surface area contributed by atoms with E-state index in [0.717, 1.165) is 6.07 Å². The number of nitrogens with one attached hydrogen (secondary N) is 2. The molecule has 1 heterocycles. The summed E-state index contributed by atoms with van der Waals surface area (Å²) in [5.74, 6) is 0.249. The first kappa shape index (κ1) is 15.1. The Balaban J connectivity index is 2.15. The third-order valence-electron chi connectivity index (χ3n) is 2.64. The van der Waals surface area contributed by atoms with Gasteiger partial charge in [-0.05, 0) is 19.1 Å². The smallest absolute Gasteiger partial charge is 0.149 e. The van der Waals surface area contributed by atoms with Gasteiger partial charge in [0, 0.05) is 25.8 Å². The Morgan fingerprint density at radius 2 is 1.90 bits per heavy atom. The van der Waals surface area contributed by atoms with Crippen LogP contribution in [0.4, 0.5) is 26.1 Å². The highest BCUT2D eigenvalue weighted by Crippen LogP contribution is 2.21. The molecule has 5 nitrogen and oxygen atoms in total. The summed E-state index contributed by atoms with van der Waals surface area (Å²) in [5, 5.41) is 5.87. The molecule has 0 radical (unpaired) electrons. The molecule has 2 rings (SSSR count). The number of hydrogen-bond donors (Lipinski definition) is 2. The van der Waals surface area contributed by atoms with Crippen molar-refractivity contribution in [3.05, 3.63) is 41.7 Å². The molecule has 0 saturated carbocycles. The van der Waals surface area contributed by atoms with Crippen LogP contribution in [0, 0.1) is 18.6 Å². The average molecular weight is 294 g/mol. The van der Waals surface area contributed by atoms with Crippen molar-refractivity contribution in [3.8, 4) is 0 Å². The minimum Gasteiger partial charge on any atom is -0.383 e. The van der Waals surface area contributed by atoms with Crippen LogP contribution in [0.1, 0.15) is 5.82 Å². The molecule has 0 saturated heterocycles. The molecule has 2 N–H and O–H groups in total. The zero-order valence-electron chi connectivity index (χ0n) is 11.8. The first-order chi connectivity index (χ1) is 10.1. The van der Waals surface area contributed by atoms with Crippen LogP contribution in [0.25, 0.3) is 0 Å². The maximum absolute atomic E-state index is 13.6. The molecule has 2 aromatic rings. The number of anilines is 3. The van der Waals surface area contributed by atoms with E-state index >= 15 is 0 Å². The maximum Gasteiger partial charge on any atom is 0.149 e. The number of rotatable bonds is 6. The molecule has 0 unspecified atom stereocenters. The second-order valence-electron chi connectivity index (χ2n) is 4.35. The fraction of sp³-hybridized carbons (Fsp3) is 0.286. The van der Waals surface area contributed by atoms with Gasteiger partial charge in [0.2, 0.25) is 0 Å². The van der Waals surface area contributed by atoms with Gasteiger partial charge in [-0.1, -0.05) is 0 Å². The van der Waals surface area contributed by atoms with Crippen molar-refractivity contribution in [1.82, 2.24) is 9.97 Å². The summed E-state index contributed by atoms with van der Waals surface area (Å²) in [4.78, 5) is 8.38. The Labute approximate surface area is 121 Å². The van der Waals surface area contributed by atoms with Crippen LogP contribution in [0.15, 0.2) is 24.3 Å². The molecule has 0 aliphatic rings. The second kappa shape index (κ2) is 6.94. The van der Waals surface area contributed by atoms with Gasteiger partial charge in [0.15, 0.2) is 0 Å². The molecular weight excluding hydrogens is 278 g/mol. The molecule has 112 valence electrons. The second-order valence-corrected chi connectivity index (χ2v) is 4.35.